The van der Waals surface area contributed by atoms with E-state index in [1.807, 2.05) is 0 Å². The number of nitrogens with one attached hydrogen (secondary N) is 1. The van der Waals surface area contributed by atoms with Crippen molar-refractivity contribution in [2.75, 3.05) is 39.2 Å². The zero-order chi connectivity index (χ0) is 13.0. The predicted molar refractivity (Wildman–Crippen MR) is 76.3 cm³/mol. The average Bonchev–Trinajstić information content (AvgIpc) is 2.39. The molecule has 2 rings (SSSR count). The van der Waals surface area contributed by atoms with Gasteiger partial charge in [0.15, 0.2) is 0 Å². The lowest BCUT2D eigenvalue weighted by Crippen LogP contribution is -2.37. The van der Waals surface area contributed by atoms with Gasteiger partial charge in [-0.2, -0.15) is 0 Å². The van der Waals surface area contributed by atoms with E-state index in [-0.39, 0.29) is 0 Å². The monoisotopic (exact) mass is 248 g/mol. The minimum absolute atomic E-state index is 0.469. The maximum atomic E-state index is 5.23. The lowest BCUT2D eigenvalue weighted by atomic mass is 9.90. The van der Waals surface area contributed by atoms with Crippen LogP contribution in [-0.4, -0.2) is 44.8 Å². The average molecular weight is 248 g/mol. The van der Waals surface area contributed by atoms with E-state index in [1.54, 1.807) is 7.11 Å². The molecule has 0 aliphatic carbocycles. The summed E-state index contributed by atoms with van der Waals surface area (Å²) < 4.78 is 5.23. The Morgan fingerprint density at radius 1 is 1.44 bits per heavy atom. The third-order valence-electron chi connectivity index (χ3n) is 3.88. The van der Waals surface area contributed by atoms with Gasteiger partial charge in [-0.05, 0) is 32.0 Å². The number of ether oxygens (including phenoxy) is 1. The zero-order valence-electron chi connectivity index (χ0n) is 11.6. The number of hydrogen-bond acceptors (Lipinski definition) is 3. The van der Waals surface area contributed by atoms with Crippen molar-refractivity contribution in [1.29, 1.82) is 0 Å². The van der Waals surface area contributed by atoms with Crippen molar-refractivity contribution in [3.63, 3.8) is 0 Å². The molecule has 1 aromatic carbocycles. The highest BCUT2D eigenvalue weighted by molar-refractivity contribution is 5.54. The van der Waals surface area contributed by atoms with Crippen molar-refractivity contribution < 1.29 is 4.74 Å². The van der Waals surface area contributed by atoms with Crippen LogP contribution in [-0.2, 0) is 4.74 Å². The number of fused-ring (bicyclic) bond motifs is 1. The number of hydrogen-bond donors (Lipinski definition) is 1. The Bertz CT molecular complexity index is 381. The Labute approximate surface area is 110 Å². The molecule has 2 atom stereocenters. The molecule has 2 unspecified atom stereocenters. The maximum absolute atomic E-state index is 5.23. The van der Waals surface area contributed by atoms with Crippen LogP contribution in [0.5, 0.6) is 0 Å². The summed E-state index contributed by atoms with van der Waals surface area (Å²) in [6, 6.07) is 9.14. The summed E-state index contributed by atoms with van der Waals surface area (Å²) in [7, 11) is 3.96. The van der Waals surface area contributed by atoms with Crippen LogP contribution in [0.4, 0.5) is 5.69 Å². The van der Waals surface area contributed by atoms with Gasteiger partial charge in [0.2, 0.25) is 0 Å². The summed E-state index contributed by atoms with van der Waals surface area (Å²) in [5, 5.41) is 3.48. The van der Waals surface area contributed by atoms with Crippen molar-refractivity contribution in [2.45, 2.75) is 25.3 Å². The quantitative estimate of drug-likeness (QED) is 0.866. The van der Waals surface area contributed by atoms with E-state index >= 15 is 0 Å². The summed E-state index contributed by atoms with van der Waals surface area (Å²) >= 11 is 0. The number of likely N-dealkylation sites (N-methyl/N-ethyl adjacent to an activating group) is 1. The van der Waals surface area contributed by atoms with Crippen LogP contribution in [0.1, 0.15) is 24.8 Å². The normalized spacial score (nSPS) is 20.3. The summed E-state index contributed by atoms with van der Waals surface area (Å²) in [4.78, 5) is 2.40. The van der Waals surface area contributed by atoms with E-state index in [4.69, 9.17) is 4.74 Å². The van der Waals surface area contributed by atoms with E-state index in [0.29, 0.717) is 12.0 Å². The molecule has 0 saturated carbocycles. The van der Waals surface area contributed by atoms with Crippen LogP contribution < -0.4 is 5.32 Å². The van der Waals surface area contributed by atoms with E-state index in [2.05, 4.69) is 48.5 Å². The molecular formula is C15H24N2O. The molecule has 0 bridgehead atoms. The molecule has 0 spiro atoms. The number of rotatable bonds is 5. The van der Waals surface area contributed by atoms with Gasteiger partial charge in [0, 0.05) is 37.8 Å². The lowest BCUT2D eigenvalue weighted by Gasteiger charge is -2.32. The van der Waals surface area contributed by atoms with Crippen molar-refractivity contribution in [3.8, 4) is 0 Å². The molecule has 1 aromatic rings. The largest absolute Gasteiger partial charge is 0.385 e. The molecule has 0 amide bonds. The second-order valence-corrected chi connectivity index (χ2v) is 5.24. The van der Waals surface area contributed by atoms with Gasteiger partial charge in [-0.25, -0.2) is 0 Å². The van der Waals surface area contributed by atoms with Gasteiger partial charge in [0.25, 0.3) is 0 Å². The van der Waals surface area contributed by atoms with E-state index in [9.17, 15) is 0 Å². The molecule has 18 heavy (non-hydrogen) atoms. The zero-order valence-corrected chi connectivity index (χ0v) is 11.6. The number of para-hydroxylation sites is 1. The first kappa shape index (κ1) is 13.4. The topological polar surface area (TPSA) is 24.5 Å². The van der Waals surface area contributed by atoms with Crippen molar-refractivity contribution in [3.05, 3.63) is 29.8 Å². The molecular weight excluding hydrogens is 224 g/mol. The first-order valence-corrected chi connectivity index (χ1v) is 6.74. The van der Waals surface area contributed by atoms with Gasteiger partial charge in [-0.3, -0.25) is 0 Å². The summed E-state index contributed by atoms with van der Waals surface area (Å²) in [6.07, 6.45) is 1.21. The molecule has 3 nitrogen and oxygen atoms in total. The van der Waals surface area contributed by atoms with Gasteiger partial charge in [-0.1, -0.05) is 18.2 Å². The highest BCUT2D eigenvalue weighted by Crippen LogP contribution is 2.31. The van der Waals surface area contributed by atoms with Gasteiger partial charge < -0.3 is 15.0 Å². The Morgan fingerprint density at radius 2 is 2.22 bits per heavy atom. The molecule has 1 aliphatic rings. The van der Waals surface area contributed by atoms with E-state index in [0.717, 1.165) is 19.7 Å². The first-order chi connectivity index (χ1) is 8.72. The predicted octanol–water partition coefficient (Wildman–Crippen LogP) is 2.55. The van der Waals surface area contributed by atoms with Crippen molar-refractivity contribution >= 4 is 5.69 Å². The summed E-state index contributed by atoms with van der Waals surface area (Å²) in [5.41, 5.74) is 2.77. The standard InChI is InChI=1S/C15H24N2O/c1-12(11-18-3)17(2)10-13-8-9-16-15-7-5-4-6-14(13)15/h4-7,12-13,16H,8-11H2,1-3H3. The third-order valence-corrected chi connectivity index (χ3v) is 3.88. The van der Waals surface area contributed by atoms with Gasteiger partial charge >= 0.3 is 0 Å². The highest BCUT2D eigenvalue weighted by atomic mass is 16.5. The number of methoxy groups -OCH3 is 1. The van der Waals surface area contributed by atoms with Crippen LogP contribution in [0.15, 0.2) is 24.3 Å². The summed E-state index contributed by atoms with van der Waals surface area (Å²) in [6.45, 7) is 5.19. The van der Waals surface area contributed by atoms with E-state index < -0.39 is 0 Å². The fourth-order valence-electron chi connectivity index (χ4n) is 2.64. The second-order valence-electron chi connectivity index (χ2n) is 5.24. The Hall–Kier alpha value is -1.06. The molecule has 1 aliphatic heterocycles. The van der Waals surface area contributed by atoms with Crippen molar-refractivity contribution in [1.82, 2.24) is 4.90 Å². The van der Waals surface area contributed by atoms with Gasteiger partial charge in [0.05, 0.1) is 6.61 Å². The summed E-state index contributed by atoms with van der Waals surface area (Å²) in [5.74, 6) is 0.631. The van der Waals surface area contributed by atoms with E-state index in [1.165, 1.54) is 17.7 Å². The lowest BCUT2D eigenvalue weighted by molar-refractivity contribution is 0.111. The Morgan fingerprint density at radius 3 is 3.00 bits per heavy atom. The fraction of sp³-hybridized carbons (Fsp3) is 0.600. The van der Waals surface area contributed by atoms with Gasteiger partial charge in [0.1, 0.15) is 0 Å². The Balaban J connectivity index is 2.02. The van der Waals surface area contributed by atoms with Crippen LogP contribution in [0.2, 0.25) is 0 Å². The van der Waals surface area contributed by atoms with Crippen LogP contribution in [0.25, 0.3) is 0 Å². The number of anilines is 1. The van der Waals surface area contributed by atoms with Crippen LogP contribution >= 0.6 is 0 Å². The smallest absolute Gasteiger partial charge is 0.0615 e. The van der Waals surface area contributed by atoms with Crippen molar-refractivity contribution in [2.24, 2.45) is 0 Å². The molecule has 0 radical (unpaired) electrons. The highest BCUT2D eigenvalue weighted by Gasteiger charge is 2.22. The first-order valence-electron chi connectivity index (χ1n) is 6.74. The van der Waals surface area contributed by atoms with Crippen LogP contribution in [0.3, 0.4) is 0 Å². The molecule has 100 valence electrons. The maximum Gasteiger partial charge on any atom is 0.0615 e. The molecule has 1 heterocycles. The molecule has 3 heteroatoms. The number of nitrogens with zero attached hydrogens (tertiary/aromatic N) is 1. The minimum Gasteiger partial charge on any atom is -0.385 e. The molecule has 0 aromatic heterocycles. The molecule has 0 saturated heterocycles. The number of benzene rings is 1. The van der Waals surface area contributed by atoms with Crippen LogP contribution in [0, 0.1) is 0 Å². The second kappa shape index (κ2) is 6.21. The third kappa shape index (κ3) is 3.03. The SMILES string of the molecule is COCC(C)N(C)CC1CCNc2ccccc21. The minimum atomic E-state index is 0.469. The molecule has 0 fully saturated rings. The Kier molecular flexibility index (Phi) is 4.61. The fourth-order valence-corrected chi connectivity index (χ4v) is 2.64. The molecule has 1 N–H and O–H groups in total. The van der Waals surface area contributed by atoms with Gasteiger partial charge in [-0.15, -0.1) is 0 Å².